The van der Waals surface area contributed by atoms with Crippen LogP contribution < -0.4 is 5.32 Å². The first-order valence-corrected chi connectivity index (χ1v) is 8.69. The van der Waals surface area contributed by atoms with Crippen LogP contribution in [0.25, 0.3) is 0 Å². The third-order valence-electron chi connectivity index (χ3n) is 3.99. The molecule has 0 heterocycles. The van der Waals surface area contributed by atoms with Crippen molar-refractivity contribution in [3.05, 3.63) is 42.0 Å². The van der Waals surface area contributed by atoms with Gasteiger partial charge in [-0.1, -0.05) is 26.0 Å². The Morgan fingerprint density at radius 3 is 2.52 bits per heavy atom. The SMILES string of the molecule is CC(C)CC(=O)Nc1ccc(C(=O)COC(=O)C[C@@H]2C=CCC2)cc1. The highest BCUT2D eigenvalue weighted by atomic mass is 16.5. The predicted octanol–water partition coefficient (Wildman–Crippen LogP) is 3.75. The van der Waals surface area contributed by atoms with Gasteiger partial charge in [-0.15, -0.1) is 0 Å². The summed E-state index contributed by atoms with van der Waals surface area (Å²) in [4.78, 5) is 35.6. The Bertz CT molecular complexity index is 646. The second-order valence-electron chi connectivity index (χ2n) is 6.78. The molecular weight excluding hydrogens is 318 g/mol. The molecule has 1 aromatic rings. The van der Waals surface area contributed by atoms with Crippen molar-refractivity contribution in [2.24, 2.45) is 11.8 Å². The van der Waals surface area contributed by atoms with Gasteiger partial charge in [-0.05, 0) is 48.9 Å². The molecule has 25 heavy (non-hydrogen) atoms. The van der Waals surface area contributed by atoms with Crippen LogP contribution >= 0.6 is 0 Å². The predicted molar refractivity (Wildman–Crippen MR) is 96.3 cm³/mol. The number of ether oxygens (including phenoxy) is 1. The summed E-state index contributed by atoms with van der Waals surface area (Å²) >= 11 is 0. The average molecular weight is 343 g/mol. The van der Waals surface area contributed by atoms with Crippen LogP contribution in [-0.4, -0.2) is 24.3 Å². The number of anilines is 1. The summed E-state index contributed by atoms with van der Waals surface area (Å²) in [6.45, 7) is 3.70. The van der Waals surface area contributed by atoms with Gasteiger partial charge in [0.25, 0.3) is 0 Å². The summed E-state index contributed by atoms with van der Waals surface area (Å²) in [5.74, 6) is -0.131. The van der Waals surface area contributed by atoms with Crippen molar-refractivity contribution >= 4 is 23.3 Å². The van der Waals surface area contributed by atoms with E-state index in [1.54, 1.807) is 24.3 Å². The van der Waals surface area contributed by atoms with Crippen LogP contribution in [0.4, 0.5) is 5.69 Å². The number of allylic oxidation sites excluding steroid dienone is 2. The van der Waals surface area contributed by atoms with E-state index in [2.05, 4.69) is 11.4 Å². The van der Waals surface area contributed by atoms with Crippen molar-refractivity contribution in [2.75, 3.05) is 11.9 Å². The van der Waals surface area contributed by atoms with Crippen molar-refractivity contribution < 1.29 is 19.1 Å². The van der Waals surface area contributed by atoms with Crippen LogP contribution in [0.1, 0.15) is 49.9 Å². The Balaban J connectivity index is 1.78. The molecule has 1 aromatic carbocycles. The van der Waals surface area contributed by atoms with Crippen molar-refractivity contribution in [1.82, 2.24) is 0 Å². The topological polar surface area (TPSA) is 72.5 Å². The van der Waals surface area contributed by atoms with Crippen LogP contribution in [0, 0.1) is 11.8 Å². The zero-order valence-corrected chi connectivity index (χ0v) is 14.8. The Morgan fingerprint density at radius 1 is 1.20 bits per heavy atom. The van der Waals surface area contributed by atoms with E-state index in [1.807, 2.05) is 19.9 Å². The summed E-state index contributed by atoms with van der Waals surface area (Å²) in [6, 6.07) is 6.61. The molecule has 0 saturated carbocycles. The number of esters is 1. The van der Waals surface area contributed by atoms with Gasteiger partial charge in [-0.25, -0.2) is 0 Å². The number of Topliss-reactive ketones (excluding diaryl/α,β-unsaturated/α-hetero) is 1. The lowest BCUT2D eigenvalue weighted by atomic mass is 10.1. The molecule has 1 aliphatic rings. The Morgan fingerprint density at radius 2 is 1.92 bits per heavy atom. The number of amides is 1. The van der Waals surface area contributed by atoms with Crippen LogP contribution in [0.15, 0.2) is 36.4 Å². The second-order valence-corrected chi connectivity index (χ2v) is 6.78. The van der Waals surface area contributed by atoms with Crippen LogP contribution in [0.5, 0.6) is 0 Å². The Hall–Kier alpha value is -2.43. The van der Waals surface area contributed by atoms with Gasteiger partial charge in [-0.3, -0.25) is 14.4 Å². The molecule has 0 unspecified atom stereocenters. The van der Waals surface area contributed by atoms with Crippen LogP contribution in [-0.2, 0) is 14.3 Å². The van der Waals surface area contributed by atoms with E-state index < -0.39 is 0 Å². The van der Waals surface area contributed by atoms with Gasteiger partial charge in [0, 0.05) is 17.7 Å². The Kier molecular flexibility index (Phi) is 6.92. The molecule has 0 radical (unpaired) electrons. The monoisotopic (exact) mass is 343 g/mol. The van der Waals surface area contributed by atoms with E-state index in [-0.39, 0.29) is 36.1 Å². The quantitative estimate of drug-likeness (QED) is 0.443. The van der Waals surface area contributed by atoms with Gasteiger partial charge in [-0.2, -0.15) is 0 Å². The number of hydrogen-bond donors (Lipinski definition) is 1. The number of carbonyl (C=O) groups is 3. The van der Waals surface area contributed by atoms with Crippen molar-refractivity contribution in [3.63, 3.8) is 0 Å². The molecule has 0 bridgehead atoms. The van der Waals surface area contributed by atoms with E-state index in [1.165, 1.54) is 0 Å². The molecule has 1 amide bonds. The smallest absolute Gasteiger partial charge is 0.306 e. The minimum atomic E-state index is -0.345. The molecule has 0 saturated heterocycles. The number of rotatable bonds is 8. The van der Waals surface area contributed by atoms with Gasteiger partial charge in [0.05, 0.1) is 6.42 Å². The second kappa shape index (κ2) is 9.16. The molecule has 1 aliphatic carbocycles. The molecule has 2 rings (SSSR count). The van der Waals surface area contributed by atoms with Gasteiger partial charge in [0.2, 0.25) is 5.91 Å². The van der Waals surface area contributed by atoms with Crippen LogP contribution in [0.3, 0.4) is 0 Å². The molecule has 0 aliphatic heterocycles. The van der Waals surface area contributed by atoms with Gasteiger partial charge in [0.1, 0.15) is 0 Å². The van der Waals surface area contributed by atoms with E-state index in [9.17, 15) is 14.4 Å². The highest BCUT2D eigenvalue weighted by molar-refractivity contribution is 5.98. The normalized spacial score (nSPS) is 16.0. The Labute approximate surface area is 148 Å². The number of hydrogen-bond acceptors (Lipinski definition) is 4. The maximum absolute atomic E-state index is 12.1. The summed E-state index contributed by atoms with van der Waals surface area (Å²) in [5.41, 5.74) is 1.10. The number of nitrogens with one attached hydrogen (secondary N) is 1. The lowest BCUT2D eigenvalue weighted by molar-refractivity contribution is -0.143. The third kappa shape index (κ3) is 6.53. The largest absolute Gasteiger partial charge is 0.457 e. The highest BCUT2D eigenvalue weighted by Crippen LogP contribution is 2.20. The fourth-order valence-corrected chi connectivity index (χ4v) is 2.69. The fraction of sp³-hybridized carbons (Fsp3) is 0.450. The number of benzene rings is 1. The van der Waals surface area contributed by atoms with E-state index in [0.717, 1.165) is 12.8 Å². The summed E-state index contributed by atoms with van der Waals surface area (Å²) in [7, 11) is 0. The van der Waals surface area contributed by atoms with E-state index >= 15 is 0 Å². The highest BCUT2D eigenvalue weighted by Gasteiger charge is 2.16. The van der Waals surface area contributed by atoms with Crippen molar-refractivity contribution in [2.45, 2.75) is 39.5 Å². The third-order valence-corrected chi connectivity index (χ3v) is 3.99. The number of ketones is 1. The molecule has 5 nitrogen and oxygen atoms in total. The molecule has 0 fully saturated rings. The fourth-order valence-electron chi connectivity index (χ4n) is 2.69. The zero-order valence-electron chi connectivity index (χ0n) is 14.8. The summed E-state index contributed by atoms with van der Waals surface area (Å²) in [5, 5.41) is 2.79. The van der Waals surface area contributed by atoms with Crippen LogP contribution in [0.2, 0.25) is 0 Å². The molecule has 1 N–H and O–H groups in total. The first kappa shape index (κ1) is 18.9. The van der Waals surface area contributed by atoms with E-state index in [0.29, 0.717) is 24.1 Å². The zero-order chi connectivity index (χ0) is 18.2. The van der Waals surface area contributed by atoms with Crippen molar-refractivity contribution in [1.29, 1.82) is 0 Å². The molecule has 0 spiro atoms. The van der Waals surface area contributed by atoms with Gasteiger partial charge >= 0.3 is 5.97 Å². The standard InChI is InChI=1S/C20H25NO4/c1-14(2)11-19(23)21-17-9-7-16(8-10-17)18(22)13-25-20(24)12-15-5-3-4-6-15/h3,5,7-10,14-15H,4,6,11-13H2,1-2H3,(H,21,23)/t15-/m1/s1. The van der Waals surface area contributed by atoms with Crippen molar-refractivity contribution in [3.8, 4) is 0 Å². The first-order valence-electron chi connectivity index (χ1n) is 8.69. The molecule has 1 atom stereocenters. The van der Waals surface area contributed by atoms with Gasteiger partial charge in [0.15, 0.2) is 12.4 Å². The average Bonchev–Trinajstić information content (AvgIpc) is 3.05. The minimum absolute atomic E-state index is 0.0519. The number of carbonyl (C=O) groups excluding carboxylic acids is 3. The van der Waals surface area contributed by atoms with Gasteiger partial charge < -0.3 is 10.1 Å². The molecule has 5 heteroatoms. The molecule has 0 aromatic heterocycles. The minimum Gasteiger partial charge on any atom is -0.457 e. The molecular formula is C20H25NO4. The van der Waals surface area contributed by atoms with E-state index in [4.69, 9.17) is 4.74 Å². The summed E-state index contributed by atoms with van der Waals surface area (Å²) in [6.07, 6.45) is 6.82. The maximum atomic E-state index is 12.1. The first-order chi connectivity index (χ1) is 11.9. The lowest BCUT2D eigenvalue weighted by Gasteiger charge is -2.09. The summed E-state index contributed by atoms with van der Waals surface area (Å²) < 4.78 is 5.07. The lowest BCUT2D eigenvalue weighted by Crippen LogP contribution is -2.16. The molecule has 134 valence electrons. The maximum Gasteiger partial charge on any atom is 0.306 e.